The Hall–Kier alpha value is 0.650. The van der Waals surface area contributed by atoms with E-state index in [2.05, 4.69) is 22.6 Å². The maximum absolute atomic E-state index is 5.74. The molecule has 1 rings (SSSR count). The number of rotatable bonds is 0. The molecule has 4 N–H and O–H groups in total. The number of nitrogens with two attached hydrogens (primary N) is 2. The van der Waals surface area contributed by atoms with Crippen LogP contribution in [0.1, 0.15) is 19.3 Å². The molecule has 1 aliphatic carbocycles. The summed E-state index contributed by atoms with van der Waals surface area (Å²) in [4.78, 5) is 0. The predicted octanol–water partition coefficient (Wildman–Crippen LogP) is 0.628. The molecule has 0 aromatic heterocycles. The fourth-order valence-electron chi connectivity index (χ4n) is 1.18. The van der Waals surface area contributed by atoms with Crippen LogP contribution in [0.3, 0.4) is 0 Å². The highest BCUT2D eigenvalue weighted by Gasteiger charge is 2.22. The molecule has 1 aliphatic rings. The van der Waals surface area contributed by atoms with Crippen LogP contribution in [0.2, 0.25) is 0 Å². The quantitative estimate of drug-likeness (QED) is 0.482. The summed E-state index contributed by atoms with van der Waals surface area (Å²) in [5, 5.41) is 0. The van der Waals surface area contributed by atoms with Crippen LogP contribution >= 0.6 is 22.6 Å². The average molecular weight is 240 g/mol. The van der Waals surface area contributed by atoms with Crippen molar-refractivity contribution in [2.75, 3.05) is 0 Å². The van der Waals surface area contributed by atoms with Gasteiger partial charge >= 0.3 is 0 Å². The minimum Gasteiger partial charge on any atom is -0.326 e. The lowest BCUT2D eigenvalue weighted by Gasteiger charge is -2.28. The van der Waals surface area contributed by atoms with E-state index in [4.69, 9.17) is 11.5 Å². The average Bonchev–Trinajstić information content (AvgIpc) is 1.80. The lowest BCUT2D eigenvalue weighted by Crippen LogP contribution is -2.46. The van der Waals surface area contributed by atoms with Gasteiger partial charge in [-0.25, -0.2) is 0 Å². The van der Waals surface area contributed by atoms with E-state index in [9.17, 15) is 0 Å². The zero-order chi connectivity index (χ0) is 6.85. The topological polar surface area (TPSA) is 52.0 Å². The highest BCUT2D eigenvalue weighted by molar-refractivity contribution is 14.1. The van der Waals surface area contributed by atoms with Gasteiger partial charge in [0.1, 0.15) is 0 Å². The molecule has 9 heavy (non-hydrogen) atoms. The van der Waals surface area contributed by atoms with E-state index < -0.39 is 0 Å². The van der Waals surface area contributed by atoms with Crippen molar-refractivity contribution in [1.29, 1.82) is 0 Å². The minimum atomic E-state index is 0.251. The van der Waals surface area contributed by atoms with Crippen LogP contribution in [0.15, 0.2) is 0 Å². The third-order valence-corrected chi connectivity index (χ3v) is 3.02. The molecular formula is C6H13IN2. The summed E-state index contributed by atoms with van der Waals surface area (Å²) < 4.78 is 0.761. The molecule has 1 fully saturated rings. The summed E-state index contributed by atoms with van der Waals surface area (Å²) in [7, 11) is 0. The fourth-order valence-corrected chi connectivity index (χ4v) is 2.12. The zero-order valence-electron chi connectivity index (χ0n) is 5.39. The van der Waals surface area contributed by atoms with Gasteiger partial charge in [-0.2, -0.15) is 0 Å². The molecule has 0 heterocycles. The molecule has 0 spiro atoms. The van der Waals surface area contributed by atoms with E-state index in [-0.39, 0.29) is 12.1 Å². The lowest BCUT2D eigenvalue weighted by molar-refractivity contribution is 0.400. The molecule has 0 amide bonds. The predicted molar refractivity (Wildman–Crippen MR) is 47.6 cm³/mol. The monoisotopic (exact) mass is 240 g/mol. The Labute approximate surface area is 69.5 Å². The molecule has 0 bridgehead atoms. The number of hydrogen-bond acceptors (Lipinski definition) is 2. The van der Waals surface area contributed by atoms with Crippen molar-refractivity contribution in [1.82, 2.24) is 0 Å². The van der Waals surface area contributed by atoms with Crippen molar-refractivity contribution >= 4 is 22.6 Å². The van der Waals surface area contributed by atoms with E-state index in [0.717, 1.165) is 16.8 Å². The summed E-state index contributed by atoms with van der Waals surface area (Å²) in [6.45, 7) is 0. The third-order valence-electron chi connectivity index (χ3n) is 1.89. The van der Waals surface area contributed by atoms with Crippen LogP contribution < -0.4 is 11.5 Å². The van der Waals surface area contributed by atoms with Gasteiger partial charge < -0.3 is 11.5 Å². The second kappa shape index (κ2) is 3.16. The number of hydrogen-bond donors (Lipinski definition) is 2. The van der Waals surface area contributed by atoms with Crippen molar-refractivity contribution < 1.29 is 0 Å². The van der Waals surface area contributed by atoms with Gasteiger partial charge in [-0.1, -0.05) is 22.6 Å². The van der Waals surface area contributed by atoms with Crippen LogP contribution in [0.25, 0.3) is 0 Å². The van der Waals surface area contributed by atoms with Gasteiger partial charge in [0.2, 0.25) is 0 Å². The van der Waals surface area contributed by atoms with Crippen LogP contribution in [0.4, 0.5) is 0 Å². The Balaban J connectivity index is 2.35. The van der Waals surface area contributed by atoms with Crippen LogP contribution in [0, 0.1) is 0 Å². The van der Waals surface area contributed by atoms with Crippen molar-refractivity contribution in [2.24, 2.45) is 11.5 Å². The van der Waals surface area contributed by atoms with Gasteiger partial charge in [0, 0.05) is 16.0 Å². The molecule has 0 aromatic carbocycles. The van der Waals surface area contributed by atoms with Gasteiger partial charge in [0.15, 0.2) is 0 Å². The molecule has 0 saturated heterocycles. The number of halogens is 1. The molecule has 0 aliphatic heterocycles. The molecule has 3 heteroatoms. The van der Waals surface area contributed by atoms with Gasteiger partial charge in [-0.05, 0) is 19.3 Å². The van der Waals surface area contributed by atoms with Crippen LogP contribution in [0.5, 0.6) is 0 Å². The normalized spacial score (nSPS) is 45.0. The first-order chi connectivity index (χ1) is 4.20. The summed E-state index contributed by atoms with van der Waals surface area (Å²) in [5.41, 5.74) is 11.5. The Morgan fingerprint density at radius 2 is 1.78 bits per heavy atom. The minimum absolute atomic E-state index is 0.251. The molecule has 0 radical (unpaired) electrons. The lowest BCUT2D eigenvalue weighted by atomic mass is 9.92. The van der Waals surface area contributed by atoms with Gasteiger partial charge in [0.05, 0.1) is 0 Å². The van der Waals surface area contributed by atoms with E-state index in [0.29, 0.717) is 0 Å². The molecule has 2 nitrogen and oxygen atoms in total. The van der Waals surface area contributed by atoms with Gasteiger partial charge in [-0.15, -0.1) is 0 Å². The second-order valence-electron chi connectivity index (χ2n) is 2.74. The van der Waals surface area contributed by atoms with E-state index >= 15 is 0 Å². The molecular weight excluding hydrogens is 227 g/mol. The van der Waals surface area contributed by atoms with Gasteiger partial charge in [-0.3, -0.25) is 0 Å². The fraction of sp³-hybridized carbons (Fsp3) is 1.00. The third kappa shape index (κ3) is 2.05. The molecule has 3 atom stereocenters. The van der Waals surface area contributed by atoms with Gasteiger partial charge in [0.25, 0.3) is 0 Å². The second-order valence-corrected chi connectivity index (χ2v) is 4.50. The molecule has 1 saturated carbocycles. The first-order valence-electron chi connectivity index (χ1n) is 3.35. The summed E-state index contributed by atoms with van der Waals surface area (Å²) in [6, 6.07) is 0.511. The maximum atomic E-state index is 5.74. The largest absolute Gasteiger partial charge is 0.326 e. The number of alkyl halides is 1. The van der Waals surface area contributed by atoms with E-state index in [1.807, 2.05) is 0 Å². The molecule has 3 unspecified atom stereocenters. The SMILES string of the molecule is NC1CCC(I)CC1N. The van der Waals surface area contributed by atoms with Crippen molar-refractivity contribution in [3.05, 3.63) is 0 Å². The first kappa shape index (κ1) is 7.75. The van der Waals surface area contributed by atoms with E-state index in [1.165, 1.54) is 6.42 Å². The smallest absolute Gasteiger partial charge is 0.0202 e. The first-order valence-corrected chi connectivity index (χ1v) is 4.60. The van der Waals surface area contributed by atoms with Crippen molar-refractivity contribution in [3.63, 3.8) is 0 Å². The Kier molecular flexibility index (Phi) is 2.73. The van der Waals surface area contributed by atoms with Crippen LogP contribution in [-0.4, -0.2) is 16.0 Å². The van der Waals surface area contributed by atoms with Crippen molar-refractivity contribution in [2.45, 2.75) is 35.3 Å². The Bertz CT molecular complexity index is 97.1. The standard InChI is InChI=1S/C6H13IN2/c7-4-1-2-5(8)6(9)3-4/h4-6H,1-3,8-9H2. The highest BCUT2D eigenvalue weighted by Crippen LogP contribution is 2.22. The Morgan fingerprint density at radius 3 is 2.22 bits per heavy atom. The zero-order valence-corrected chi connectivity index (χ0v) is 7.54. The van der Waals surface area contributed by atoms with Crippen molar-refractivity contribution in [3.8, 4) is 0 Å². The summed E-state index contributed by atoms with van der Waals surface area (Å²) >= 11 is 2.45. The van der Waals surface area contributed by atoms with E-state index in [1.54, 1.807) is 0 Å². The maximum Gasteiger partial charge on any atom is 0.0202 e. The molecule has 54 valence electrons. The molecule has 0 aromatic rings. The summed E-state index contributed by atoms with van der Waals surface area (Å²) in [5.74, 6) is 0. The highest BCUT2D eigenvalue weighted by atomic mass is 127. The summed E-state index contributed by atoms with van der Waals surface area (Å²) in [6.07, 6.45) is 3.45. The van der Waals surface area contributed by atoms with Crippen LogP contribution in [-0.2, 0) is 0 Å². The Morgan fingerprint density at radius 1 is 1.11 bits per heavy atom.